The third-order valence-electron chi connectivity index (χ3n) is 3.19. The van der Waals surface area contributed by atoms with Gasteiger partial charge in [-0.05, 0) is 24.3 Å². The maximum Gasteiger partial charge on any atom is 0.416 e. The van der Waals surface area contributed by atoms with Gasteiger partial charge in [-0.3, -0.25) is 9.59 Å². The molecule has 1 amide bonds. The van der Waals surface area contributed by atoms with Gasteiger partial charge in [-0.25, -0.2) is 4.98 Å². The van der Waals surface area contributed by atoms with Gasteiger partial charge in [-0.2, -0.15) is 13.2 Å². The molecular formula is C18H13F3N2O5. The lowest BCUT2D eigenvalue weighted by Gasteiger charge is -2.08. The van der Waals surface area contributed by atoms with Crippen molar-refractivity contribution in [1.82, 2.24) is 10.3 Å². The van der Waals surface area contributed by atoms with E-state index in [4.69, 9.17) is 9.84 Å². The molecule has 0 spiro atoms. The van der Waals surface area contributed by atoms with Crippen LogP contribution in [0.15, 0.2) is 36.5 Å². The Morgan fingerprint density at radius 1 is 1.25 bits per heavy atom. The number of carbonyl (C=O) groups is 2. The van der Waals surface area contributed by atoms with Crippen LogP contribution in [0.3, 0.4) is 0 Å². The van der Waals surface area contributed by atoms with Gasteiger partial charge in [0.2, 0.25) is 0 Å². The predicted molar refractivity (Wildman–Crippen MR) is 89.7 cm³/mol. The van der Waals surface area contributed by atoms with E-state index in [1.54, 1.807) is 0 Å². The van der Waals surface area contributed by atoms with Gasteiger partial charge < -0.3 is 20.3 Å². The number of halogens is 3. The first kappa shape index (κ1) is 20.6. The van der Waals surface area contributed by atoms with E-state index in [1.165, 1.54) is 18.3 Å². The van der Waals surface area contributed by atoms with Crippen LogP contribution in [0.5, 0.6) is 11.5 Å². The fourth-order valence-electron chi connectivity index (χ4n) is 1.96. The lowest BCUT2D eigenvalue weighted by Crippen LogP contribution is -2.29. The van der Waals surface area contributed by atoms with Crippen molar-refractivity contribution in [3.63, 3.8) is 0 Å². The van der Waals surface area contributed by atoms with E-state index in [0.29, 0.717) is 0 Å². The summed E-state index contributed by atoms with van der Waals surface area (Å²) >= 11 is 0. The van der Waals surface area contributed by atoms with Crippen molar-refractivity contribution < 1.29 is 37.7 Å². The number of alkyl halides is 3. The smallest absolute Gasteiger partial charge is 0.416 e. The van der Waals surface area contributed by atoms with Crippen molar-refractivity contribution in [2.45, 2.75) is 6.18 Å². The molecule has 1 aromatic heterocycles. The van der Waals surface area contributed by atoms with Crippen LogP contribution in [0.2, 0.25) is 0 Å². The van der Waals surface area contributed by atoms with Crippen LogP contribution in [-0.2, 0) is 11.0 Å². The number of amides is 1. The molecule has 0 atom stereocenters. The number of hydrogen-bond donors (Lipinski definition) is 3. The van der Waals surface area contributed by atoms with Crippen LogP contribution in [0.4, 0.5) is 13.2 Å². The maximum absolute atomic E-state index is 12.6. The zero-order valence-corrected chi connectivity index (χ0v) is 14.1. The molecule has 28 heavy (non-hydrogen) atoms. The Bertz CT molecular complexity index is 948. The minimum absolute atomic E-state index is 0.00412. The molecule has 0 unspecified atom stereocenters. The highest BCUT2D eigenvalue weighted by Gasteiger charge is 2.30. The second-order valence-corrected chi connectivity index (χ2v) is 5.28. The summed E-state index contributed by atoms with van der Waals surface area (Å²) in [5.41, 5.74) is -0.990. The number of carboxylic acids is 1. The molecule has 0 aliphatic carbocycles. The monoisotopic (exact) mass is 394 g/mol. The van der Waals surface area contributed by atoms with Gasteiger partial charge in [0.05, 0.1) is 5.56 Å². The van der Waals surface area contributed by atoms with Gasteiger partial charge in [0.25, 0.3) is 5.91 Å². The van der Waals surface area contributed by atoms with Crippen LogP contribution in [0.1, 0.15) is 21.6 Å². The zero-order valence-electron chi connectivity index (χ0n) is 14.1. The summed E-state index contributed by atoms with van der Waals surface area (Å²) in [7, 11) is 0. The van der Waals surface area contributed by atoms with Crippen molar-refractivity contribution in [3.8, 4) is 23.3 Å². The Hall–Kier alpha value is -3.74. The van der Waals surface area contributed by atoms with Crippen molar-refractivity contribution in [2.24, 2.45) is 0 Å². The van der Waals surface area contributed by atoms with Crippen LogP contribution in [-0.4, -0.2) is 40.2 Å². The average Bonchev–Trinajstić information content (AvgIpc) is 2.63. The fraction of sp³-hybridized carbons (Fsp3) is 0.167. The Kier molecular flexibility index (Phi) is 6.44. The number of nitrogens with zero attached hydrogens (tertiary/aromatic N) is 1. The summed E-state index contributed by atoms with van der Waals surface area (Å²) < 4.78 is 43.0. The van der Waals surface area contributed by atoms with Crippen molar-refractivity contribution in [1.29, 1.82) is 0 Å². The van der Waals surface area contributed by atoms with Gasteiger partial charge in [0, 0.05) is 11.8 Å². The minimum atomic E-state index is -4.48. The summed E-state index contributed by atoms with van der Waals surface area (Å²) in [4.78, 5) is 25.8. The van der Waals surface area contributed by atoms with Gasteiger partial charge >= 0.3 is 12.1 Å². The van der Waals surface area contributed by atoms with Gasteiger partial charge in [-0.15, -0.1) is 0 Å². The number of aromatic hydroxyl groups is 1. The summed E-state index contributed by atoms with van der Waals surface area (Å²) in [6.45, 7) is -0.850. The Morgan fingerprint density at radius 3 is 2.64 bits per heavy atom. The van der Waals surface area contributed by atoms with Gasteiger partial charge in [0.1, 0.15) is 24.7 Å². The SMILES string of the molecule is O=C(O)CNC(=O)c1ncc(C#CCOc2cccc(C(F)(F)F)c2)cc1O. The molecule has 0 fully saturated rings. The van der Waals surface area contributed by atoms with E-state index < -0.39 is 35.9 Å². The maximum atomic E-state index is 12.6. The molecule has 2 rings (SSSR count). The van der Waals surface area contributed by atoms with Gasteiger partial charge in [0.15, 0.2) is 5.69 Å². The average molecular weight is 394 g/mol. The molecule has 2 aromatic rings. The van der Waals surface area contributed by atoms with E-state index in [0.717, 1.165) is 18.2 Å². The number of benzene rings is 1. The first-order valence-corrected chi connectivity index (χ1v) is 7.65. The Balaban J connectivity index is 1.98. The summed E-state index contributed by atoms with van der Waals surface area (Å²) in [5, 5.41) is 20.3. The number of pyridine rings is 1. The van der Waals surface area contributed by atoms with Crippen molar-refractivity contribution in [2.75, 3.05) is 13.2 Å². The third kappa shape index (κ3) is 5.91. The summed E-state index contributed by atoms with van der Waals surface area (Å²) in [6.07, 6.45) is -3.31. The first-order chi connectivity index (χ1) is 13.2. The third-order valence-corrected chi connectivity index (χ3v) is 3.19. The number of aliphatic carboxylic acids is 1. The molecule has 3 N–H and O–H groups in total. The van der Waals surface area contributed by atoms with E-state index >= 15 is 0 Å². The van der Waals surface area contributed by atoms with Crippen LogP contribution < -0.4 is 10.1 Å². The van der Waals surface area contributed by atoms with Crippen LogP contribution in [0, 0.1) is 11.8 Å². The van der Waals surface area contributed by atoms with E-state index in [2.05, 4.69) is 16.8 Å². The fourth-order valence-corrected chi connectivity index (χ4v) is 1.96. The lowest BCUT2D eigenvalue weighted by molar-refractivity contribution is -0.138. The number of rotatable bonds is 5. The lowest BCUT2D eigenvalue weighted by atomic mass is 10.2. The molecule has 0 bridgehead atoms. The van der Waals surface area contributed by atoms with E-state index in [-0.39, 0.29) is 23.6 Å². The molecule has 1 aromatic carbocycles. The largest absolute Gasteiger partial charge is 0.505 e. The van der Waals surface area contributed by atoms with Gasteiger partial charge in [-0.1, -0.05) is 17.9 Å². The molecule has 146 valence electrons. The minimum Gasteiger partial charge on any atom is -0.505 e. The number of nitrogens with one attached hydrogen (secondary N) is 1. The van der Waals surface area contributed by atoms with Crippen LogP contribution in [0.25, 0.3) is 0 Å². The highest BCUT2D eigenvalue weighted by atomic mass is 19.4. The number of aromatic nitrogens is 1. The number of carbonyl (C=O) groups excluding carboxylic acids is 1. The quantitative estimate of drug-likeness (QED) is 0.670. The van der Waals surface area contributed by atoms with E-state index in [1.807, 2.05) is 5.32 Å². The molecule has 0 saturated carbocycles. The zero-order chi connectivity index (χ0) is 20.7. The number of carboxylic acid groups (broad SMARTS) is 1. The standard InChI is InChI=1S/C18H13F3N2O5/c19-18(20,21)12-4-1-5-13(8-12)28-6-2-3-11-7-14(24)16(22-9-11)17(27)23-10-15(25)26/h1,4-5,7-9,24H,6,10H2,(H,23,27)(H,25,26). The summed E-state index contributed by atoms with van der Waals surface area (Å²) in [5.74, 6) is 2.48. The Morgan fingerprint density at radius 2 is 2.00 bits per heavy atom. The second-order valence-electron chi connectivity index (χ2n) is 5.28. The molecule has 0 saturated heterocycles. The molecular weight excluding hydrogens is 381 g/mol. The highest BCUT2D eigenvalue weighted by molar-refractivity contribution is 5.96. The van der Waals surface area contributed by atoms with Crippen molar-refractivity contribution >= 4 is 11.9 Å². The molecule has 0 radical (unpaired) electrons. The van der Waals surface area contributed by atoms with E-state index in [9.17, 15) is 27.9 Å². The number of hydrogen-bond acceptors (Lipinski definition) is 5. The molecule has 1 heterocycles. The second kappa shape index (κ2) is 8.77. The van der Waals surface area contributed by atoms with Crippen molar-refractivity contribution in [3.05, 3.63) is 53.3 Å². The Labute approximate surface area is 156 Å². The normalized spacial score (nSPS) is 10.5. The summed E-state index contributed by atoms with van der Waals surface area (Å²) in [6, 6.07) is 5.47. The molecule has 0 aliphatic heterocycles. The molecule has 10 heteroatoms. The molecule has 7 nitrogen and oxygen atoms in total. The predicted octanol–water partition coefficient (Wildman–Crippen LogP) is 2.05. The van der Waals surface area contributed by atoms with Crippen LogP contribution >= 0.6 is 0 Å². The number of ether oxygens (including phenoxy) is 1. The highest BCUT2D eigenvalue weighted by Crippen LogP contribution is 2.31. The molecule has 0 aliphatic rings. The topological polar surface area (TPSA) is 109 Å². The first-order valence-electron chi connectivity index (χ1n) is 7.65.